The van der Waals surface area contributed by atoms with Crippen molar-refractivity contribution < 1.29 is 19.4 Å². The zero-order valence-electron chi connectivity index (χ0n) is 11.9. The quantitative estimate of drug-likeness (QED) is 0.654. The number of aliphatic carboxylic acids is 1. The minimum Gasteiger partial charge on any atom is -0.481 e. The number of carboxylic acids is 1. The van der Waals surface area contributed by atoms with Crippen LogP contribution < -0.4 is 10.6 Å². The molecule has 1 saturated carbocycles. The molecule has 0 aromatic carbocycles. The molecule has 1 aliphatic carbocycles. The number of amides is 2. The van der Waals surface area contributed by atoms with Crippen molar-refractivity contribution in [1.82, 2.24) is 15.5 Å². The molecule has 114 valence electrons. The lowest BCUT2D eigenvalue weighted by Crippen LogP contribution is -2.52. The average Bonchev–Trinajstić information content (AvgIpc) is 2.34. The molecular formula is C13H23N3O4. The first-order chi connectivity index (χ1) is 9.52. The molecule has 1 saturated heterocycles. The third kappa shape index (κ3) is 3.61. The topological polar surface area (TPSA) is 90.9 Å². The summed E-state index contributed by atoms with van der Waals surface area (Å²) in [5.74, 6) is -0.818. The van der Waals surface area contributed by atoms with E-state index in [0.29, 0.717) is 26.0 Å². The van der Waals surface area contributed by atoms with E-state index in [2.05, 4.69) is 15.5 Å². The van der Waals surface area contributed by atoms with Gasteiger partial charge in [-0.25, -0.2) is 4.79 Å². The van der Waals surface area contributed by atoms with Crippen molar-refractivity contribution in [3.8, 4) is 0 Å². The summed E-state index contributed by atoms with van der Waals surface area (Å²) in [4.78, 5) is 25.0. The molecule has 2 fully saturated rings. The molecule has 3 N–H and O–H groups in total. The molecule has 1 unspecified atom stereocenters. The number of ether oxygens (including phenoxy) is 1. The molecule has 7 heteroatoms. The van der Waals surface area contributed by atoms with Gasteiger partial charge in [-0.1, -0.05) is 6.42 Å². The van der Waals surface area contributed by atoms with E-state index in [-0.39, 0.29) is 18.7 Å². The van der Waals surface area contributed by atoms with Crippen LogP contribution in [0, 0.1) is 5.41 Å². The Morgan fingerprint density at radius 3 is 2.70 bits per heavy atom. The maximum Gasteiger partial charge on any atom is 0.314 e. The molecule has 2 aliphatic rings. The summed E-state index contributed by atoms with van der Waals surface area (Å²) in [7, 11) is 2.02. The molecule has 7 nitrogen and oxygen atoms in total. The zero-order chi connectivity index (χ0) is 14.6. The van der Waals surface area contributed by atoms with Gasteiger partial charge in [-0.2, -0.15) is 0 Å². The van der Waals surface area contributed by atoms with Crippen molar-refractivity contribution in [2.45, 2.75) is 25.4 Å². The lowest BCUT2D eigenvalue weighted by Gasteiger charge is -2.37. The molecule has 1 aliphatic heterocycles. The van der Waals surface area contributed by atoms with Gasteiger partial charge < -0.3 is 25.4 Å². The number of carbonyl (C=O) groups is 2. The van der Waals surface area contributed by atoms with Gasteiger partial charge in [-0.05, 0) is 19.9 Å². The number of morpholine rings is 1. The molecule has 2 amide bonds. The van der Waals surface area contributed by atoms with E-state index in [4.69, 9.17) is 9.84 Å². The van der Waals surface area contributed by atoms with E-state index < -0.39 is 11.4 Å². The van der Waals surface area contributed by atoms with E-state index in [1.54, 1.807) is 0 Å². The number of rotatable bonds is 5. The van der Waals surface area contributed by atoms with Crippen LogP contribution in [0.1, 0.15) is 19.3 Å². The molecule has 0 aromatic heterocycles. The summed E-state index contributed by atoms with van der Waals surface area (Å²) < 4.78 is 5.54. The number of hydrogen-bond acceptors (Lipinski definition) is 4. The number of nitrogens with zero attached hydrogens (tertiary/aromatic N) is 1. The van der Waals surface area contributed by atoms with Gasteiger partial charge in [0.1, 0.15) is 0 Å². The summed E-state index contributed by atoms with van der Waals surface area (Å²) >= 11 is 0. The normalized spacial score (nSPS) is 25.6. The van der Waals surface area contributed by atoms with Crippen molar-refractivity contribution in [3.05, 3.63) is 0 Å². The van der Waals surface area contributed by atoms with Crippen LogP contribution in [0.2, 0.25) is 0 Å². The molecule has 20 heavy (non-hydrogen) atoms. The first-order valence-electron chi connectivity index (χ1n) is 7.07. The van der Waals surface area contributed by atoms with Gasteiger partial charge in [0, 0.05) is 26.2 Å². The van der Waals surface area contributed by atoms with Crippen molar-refractivity contribution in [3.63, 3.8) is 0 Å². The Labute approximate surface area is 118 Å². The van der Waals surface area contributed by atoms with E-state index >= 15 is 0 Å². The second-order valence-corrected chi connectivity index (χ2v) is 5.76. The summed E-state index contributed by atoms with van der Waals surface area (Å²) in [6.45, 7) is 3.01. The fourth-order valence-corrected chi connectivity index (χ4v) is 2.58. The number of carboxylic acid groups (broad SMARTS) is 1. The number of likely N-dealkylation sites (N-methyl/N-ethyl adjacent to an activating group) is 1. The second-order valence-electron chi connectivity index (χ2n) is 5.76. The number of nitrogens with one attached hydrogen (secondary N) is 2. The summed E-state index contributed by atoms with van der Waals surface area (Å²) in [6.07, 6.45) is 2.19. The standard InChI is InChI=1S/C13H23N3O4/c1-16-5-6-20-10(8-16)7-14-12(19)15-9-13(11(17)18)3-2-4-13/h10H,2-9H2,1H3,(H,17,18)(H2,14,15,19). The number of hydrogen-bond donors (Lipinski definition) is 3. The molecule has 1 atom stereocenters. The highest BCUT2D eigenvalue weighted by molar-refractivity contribution is 5.78. The highest BCUT2D eigenvalue weighted by atomic mass is 16.5. The molecule has 0 aromatic rings. The molecular weight excluding hydrogens is 262 g/mol. The van der Waals surface area contributed by atoms with Gasteiger partial charge in [-0.15, -0.1) is 0 Å². The minimum atomic E-state index is -0.818. The average molecular weight is 285 g/mol. The highest BCUT2D eigenvalue weighted by Gasteiger charge is 2.44. The van der Waals surface area contributed by atoms with Crippen molar-refractivity contribution in [2.24, 2.45) is 5.41 Å². The van der Waals surface area contributed by atoms with Crippen LogP contribution in [-0.4, -0.2) is 67.9 Å². The minimum absolute atomic E-state index is 0.00311. The fourth-order valence-electron chi connectivity index (χ4n) is 2.58. The van der Waals surface area contributed by atoms with Crippen LogP contribution in [0.4, 0.5) is 4.79 Å². The third-order valence-electron chi connectivity index (χ3n) is 4.18. The Hall–Kier alpha value is -1.34. The van der Waals surface area contributed by atoms with Crippen molar-refractivity contribution in [2.75, 3.05) is 39.8 Å². The van der Waals surface area contributed by atoms with E-state index in [1.807, 2.05) is 7.05 Å². The predicted octanol–water partition coefficient (Wildman–Crippen LogP) is -0.129. The first kappa shape index (κ1) is 15.1. The lowest BCUT2D eigenvalue weighted by atomic mass is 9.69. The smallest absolute Gasteiger partial charge is 0.314 e. The second kappa shape index (κ2) is 6.41. The van der Waals surface area contributed by atoms with Gasteiger partial charge in [0.05, 0.1) is 18.1 Å². The maximum absolute atomic E-state index is 11.7. The number of carbonyl (C=O) groups excluding carboxylic acids is 1. The summed E-state index contributed by atoms with van der Waals surface area (Å²) in [6, 6.07) is -0.325. The van der Waals surface area contributed by atoms with Gasteiger partial charge in [0.25, 0.3) is 0 Å². The van der Waals surface area contributed by atoms with Crippen LogP contribution in [-0.2, 0) is 9.53 Å². The largest absolute Gasteiger partial charge is 0.481 e. The van der Waals surface area contributed by atoms with Gasteiger partial charge in [-0.3, -0.25) is 4.79 Å². The summed E-state index contributed by atoms with van der Waals surface area (Å²) in [5.41, 5.74) is -0.751. The number of urea groups is 1. The van der Waals surface area contributed by atoms with Gasteiger partial charge in [0.15, 0.2) is 0 Å². The lowest BCUT2D eigenvalue weighted by molar-refractivity contribution is -0.153. The van der Waals surface area contributed by atoms with Crippen molar-refractivity contribution >= 4 is 12.0 Å². The monoisotopic (exact) mass is 285 g/mol. The van der Waals surface area contributed by atoms with Crippen LogP contribution >= 0.6 is 0 Å². The van der Waals surface area contributed by atoms with Crippen LogP contribution in [0.25, 0.3) is 0 Å². The van der Waals surface area contributed by atoms with Crippen LogP contribution in [0.5, 0.6) is 0 Å². The molecule has 0 bridgehead atoms. The van der Waals surface area contributed by atoms with Gasteiger partial charge in [0.2, 0.25) is 0 Å². The highest BCUT2D eigenvalue weighted by Crippen LogP contribution is 2.40. The first-order valence-corrected chi connectivity index (χ1v) is 7.07. The Balaban J connectivity index is 1.66. The Bertz CT molecular complexity index is 371. The Kier molecular flexibility index (Phi) is 4.82. The molecule has 1 heterocycles. The zero-order valence-corrected chi connectivity index (χ0v) is 11.9. The predicted molar refractivity (Wildman–Crippen MR) is 72.6 cm³/mol. The van der Waals surface area contributed by atoms with E-state index in [0.717, 1.165) is 19.5 Å². The summed E-state index contributed by atoms with van der Waals surface area (Å²) in [5, 5.41) is 14.6. The van der Waals surface area contributed by atoms with Crippen LogP contribution in [0.3, 0.4) is 0 Å². The Morgan fingerprint density at radius 2 is 2.15 bits per heavy atom. The molecule has 0 spiro atoms. The van der Waals surface area contributed by atoms with E-state index in [9.17, 15) is 9.59 Å². The van der Waals surface area contributed by atoms with Crippen molar-refractivity contribution in [1.29, 1.82) is 0 Å². The third-order valence-corrected chi connectivity index (χ3v) is 4.18. The maximum atomic E-state index is 11.7. The molecule has 2 rings (SSSR count). The molecule has 0 radical (unpaired) electrons. The SMILES string of the molecule is CN1CCOC(CNC(=O)NCC2(C(=O)O)CCC2)C1. The van der Waals surface area contributed by atoms with Gasteiger partial charge >= 0.3 is 12.0 Å². The Morgan fingerprint density at radius 1 is 1.40 bits per heavy atom. The fraction of sp³-hybridized carbons (Fsp3) is 0.846. The van der Waals surface area contributed by atoms with E-state index in [1.165, 1.54) is 0 Å². The van der Waals surface area contributed by atoms with Crippen LogP contribution in [0.15, 0.2) is 0 Å².